The van der Waals surface area contributed by atoms with Crippen molar-refractivity contribution < 1.29 is 4.79 Å². The summed E-state index contributed by atoms with van der Waals surface area (Å²) in [5.41, 5.74) is 0.668. The maximum absolute atomic E-state index is 12.8. The van der Waals surface area contributed by atoms with Crippen LogP contribution in [0.3, 0.4) is 0 Å². The van der Waals surface area contributed by atoms with E-state index < -0.39 is 0 Å². The van der Waals surface area contributed by atoms with Crippen molar-refractivity contribution in [3.63, 3.8) is 0 Å². The van der Waals surface area contributed by atoms with E-state index in [1.807, 2.05) is 11.8 Å². The molecule has 5 nitrogen and oxygen atoms in total. The number of hydrogen-bond donors (Lipinski definition) is 1. The first-order valence-corrected chi connectivity index (χ1v) is 8.53. The molecule has 1 fully saturated rings. The Morgan fingerprint density at radius 2 is 2.24 bits per heavy atom. The maximum Gasteiger partial charge on any atom is 0.267 e. The Labute approximate surface area is 131 Å². The molecule has 0 radical (unpaired) electrons. The molecule has 1 aliphatic rings. The fraction of sp³-hybridized carbons (Fsp3) is 0.800. The van der Waals surface area contributed by atoms with E-state index in [-0.39, 0.29) is 11.3 Å². The van der Waals surface area contributed by atoms with E-state index in [4.69, 9.17) is 0 Å². The second-order valence-electron chi connectivity index (χ2n) is 6.76. The normalized spacial score (nSPS) is 19.5. The van der Waals surface area contributed by atoms with Crippen molar-refractivity contribution in [2.24, 2.45) is 5.92 Å². The maximum atomic E-state index is 12.8. The molecule has 1 atom stereocenters. The van der Waals surface area contributed by atoms with Gasteiger partial charge in [-0.05, 0) is 50.3 Å². The van der Waals surface area contributed by atoms with Gasteiger partial charge in [-0.1, -0.05) is 25.3 Å². The minimum Gasteiger partial charge on any atom is -0.338 e. The average Bonchev–Trinajstić information content (AvgIpc) is 2.94. The predicted molar refractivity (Wildman–Crippen MR) is 85.8 cm³/mol. The van der Waals surface area contributed by atoms with Gasteiger partial charge in [0, 0.05) is 18.5 Å². The van der Waals surface area contributed by atoms with Crippen LogP contribution in [0.1, 0.15) is 55.9 Å². The van der Waals surface area contributed by atoms with Crippen LogP contribution >= 0.6 is 11.5 Å². The lowest BCUT2D eigenvalue weighted by atomic mass is 9.91. The molecule has 2 heterocycles. The third-order valence-electron chi connectivity index (χ3n) is 3.94. The van der Waals surface area contributed by atoms with Crippen LogP contribution in [-0.4, -0.2) is 46.6 Å². The predicted octanol–water partition coefficient (Wildman–Crippen LogP) is 2.30. The van der Waals surface area contributed by atoms with Gasteiger partial charge in [-0.2, -0.15) is 0 Å². The van der Waals surface area contributed by atoms with Crippen molar-refractivity contribution >= 4 is 17.4 Å². The van der Waals surface area contributed by atoms with Crippen LogP contribution in [0.25, 0.3) is 0 Å². The van der Waals surface area contributed by atoms with Crippen molar-refractivity contribution in [2.75, 3.05) is 26.2 Å². The monoisotopic (exact) mass is 310 g/mol. The molecule has 0 spiro atoms. The van der Waals surface area contributed by atoms with Gasteiger partial charge >= 0.3 is 0 Å². The SMILES string of the molecule is CCN(CC1CCCNC1)C(=O)c1snnc1C(C)(C)C. The first-order chi connectivity index (χ1) is 9.93. The Balaban J connectivity index is 2.11. The molecule has 0 aromatic carbocycles. The van der Waals surface area contributed by atoms with E-state index in [1.165, 1.54) is 24.4 Å². The first kappa shape index (κ1) is 16.4. The topological polar surface area (TPSA) is 58.1 Å². The van der Waals surface area contributed by atoms with Crippen molar-refractivity contribution in [1.29, 1.82) is 0 Å². The zero-order valence-corrected chi connectivity index (χ0v) is 14.3. The molecule has 0 saturated carbocycles. The Morgan fingerprint density at radius 1 is 1.48 bits per heavy atom. The minimum absolute atomic E-state index is 0.0861. The van der Waals surface area contributed by atoms with Gasteiger partial charge in [0.15, 0.2) is 0 Å². The fourth-order valence-electron chi connectivity index (χ4n) is 2.71. The highest BCUT2D eigenvalue weighted by molar-refractivity contribution is 7.08. The molecule has 1 amide bonds. The summed E-state index contributed by atoms with van der Waals surface area (Å²) < 4.78 is 4.00. The van der Waals surface area contributed by atoms with Crippen LogP contribution in [0.2, 0.25) is 0 Å². The third-order valence-corrected chi connectivity index (χ3v) is 4.65. The Hall–Kier alpha value is -1.01. The van der Waals surface area contributed by atoms with Crippen LogP contribution in [0.4, 0.5) is 0 Å². The van der Waals surface area contributed by atoms with Gasteiger partial charge in [0.05, 0.1) is 5.69 Å². The molecule has 118 valence electrons. The second-order valence-corrected chi connectivity index (χ2v) is 7.51. The van der Waals surface area contributed by atoms with E-state index in [9.17, 15) is 4.79 Å². The number of aromatic nitrogens is 2. The van der Waals surface area contributed by atoms with Gasteiger partial charge in [0.2, 0.25) is 0 Å². The third kappa shape index (κ3) is 4.01. The van der Waals surface area contributed by atoms with Crippen LogP contribution in [0.5, 0.6) is 0 Å². The zero-order valence-electron chi connectivity index (χ0n) is 13.5. The molecular weight excluding hydrogens is 284 g/mol. The number of carbonyl (C=O) groups excluding carboxylic acids is 1. The lowest BCUT2D eigenvalue weighted by Crippen LogP contribution is -2.41. The fourth-order valence-corrected chi connectivity index (χ4v) is 3.56. The molecule has 0 aliphatic carbocycles. The van der Waals surface area contributed by atoms with Gasteiger partial charge in [0.25, 0.3) is 5.91 Å². The summed E-state index contributed by atoms with van der Waals surface area (Å²) in [4.78, 5) is 15.5. The molecule has 6 heteroatoms. The lowest BCUT2D eigenvalue weighted by molar-refractivity contribution is 0.0731. The minimum atomic E-state index is -0.149. The molecule has 1 unspecified atom stereocenters. The van der Waals surface area contributed by atoms with Crippen LogP contribution in [-0.2, 0) is 5.41 Å². The van der Waals surface area contributed by atoms with Gasteiger partial charge in [0.1, 0.15) is 4.88 Å². The Kier molecular flexibility index (Phi) is 5.32. The Morgan fingerprint density at radius 3 is 2.81 bits per heavy atom. The van der Waals surface area contributed by atoms with Crippen molar-refractivity contribution in [3.05, 3.63) is 10.6 Å². The van der Waals surface area contributed by atoms with Crippen molar-refractivity contribution in [1.82, 2.24) is 19.8 Å². The number of amides is 1. The van der Waals surface area contributed by atoms with E-state index >= 15 is 0 Å². The molecule has 1 aromatic rings. The van der Waals surface area contributed by atoms with Gasteiger partial charge in [-0.3, -0.25) is 4.79 Å². The highest BCUT2D eigenvalue weighted by Crippen LogP contribution is 2.27. The molecular formula is C15H26N4OS. The standard InChI is InChI=1S/C15H26N4OS/c1-5-19(10-11-7-6-8-16-9-11)14(20)12-13(15(2,3)4)17-18-21-12/h11,16H,5-10H2,1-4H3. The summed E-state index contributed by atoms with van der Waals surface area (Å²) in [6, 6.07) is 0. The van der Waals surface area contributed by atoms with Crippen LogP contribution < -0.4 is 5.32 Å². The molecule has 0 bridgehead atoms. The first-order valence-electron chi connectivity index (χ1n) is 7.76. The number of piperidine rings is 1. The number of carbonyl (C=O) groups is 1. The summed E-state index contributed by atoms with van der Waals surface area (Å²) >= 11 is 1.22. The van der Waals surface area contributed by atoms with E-state index in [0.29, 0.717) is 10.8 Å². The van der Waals surface area contributed by atoms with Gasteiger partial charge in [-0.15, -0.1) is 5.10 Å². The molecule has 1 saturated heterocycles. The summed E-state index contributed by atoms with van der Waals surface area (Å²) in [6.45, 7) is 11.9. The smallest absolute Gasteiger partial charge is 0.267 e. The lowest BCUT2D eigenvalue weighted by Gasteiger charge is -2.29. The van der Waals surface area contributed by atoms with E-state index in [2.05, 4.69) is 35.7 Å². The molecule has 21 heavy (non-hydrogen) atoms. The Bertz CT molecular complexity index is 474. The summed E-state index contributed by atoms with van der Waals surface area (Å²) in [6.07, 6.45) is 2.40. The molecule has 1 aromatic heterocycles. The van der Waals surface area contributed by atoms with Gasteiger partial charge in [-0.25, -0.2) is 0 Å². The highest BCUT2D eigenvalue weighted by Gasteiger charge is 2.29. The zero-order chi connectivity index (χ0) is 15.5. The number of nitrogens with zero attached hydrogens (tertiary/aromatic N) is 3. The quantitative estimate of drug-likeness (QED) is 0.927. The van der Waals surface area contributed by atoms with Crippen LogP contribution in [0, 0.1) is 5.92 Å². The summed E-state index contributed by atoms with van der Waals surface area (Å²) in [7, 11) is 0. The molecule has 1 N–H and O–H groups in total. The highest BCUT2D eigenvalue weighted by atomic mass is 32.1. The van der Waals surface area contributed by atoms with E-state index in [0.717, 1.165) is 31.9 Å². The molecule has 1 aliphatic heterocycles. The van der Waals surface area contributed by atoms with Crippen molar-refractivity contribution in [2.45, 2.75) is 46.0 Å². The summed E-state index contributed by atoms with van der Waals surface area (Å²) in [5.74, 6) is 0.643. The number of rotatable bonds is 4. The molecule has 2 rings (SSSR count). The second kappa shape index (κ2) is 6.83. The van der Waals surface area contributed by atoms with Crippen molar-refractivity contribution in [3.8, 4) is 0 Å². The average molecular weight is 310 g/mol. The van der Waals surface area contributed by atoms with E-state index in [1.54, 1.807) is 0 Å². The largest absolute Gasteiger partial charge is 0.338 e. The van der Waals surface area contributed by atoms with Crippen LogP contribution in [0.15, 0.2) is 0 Å². The number of nitrogens with one attached hydrogen (secondary N) is 1. The summed E-state index contributed by atoms with van der Waals surface area (Å²) in [5, 5.41) is 7.59. The van der Waals surface area contributed by atoms with Gasteiger partial charge < -0.3 is 10.2 Å². The number of hydrogen-bond acceptors (Lipinski definition) is 5.